The Hall–Kier alpha value is -1.38. The van der Waals surface area contributed by atoms with E-state index in [0.717, 1.165) is 5.57 Å². The smallest absolute Gasteiger partial charge is 0.222 e. The van der Waals surface area contributed by atoms with E-state index < -0.39 is 0 Å². The third kappa shape index (κ3) is 3.05. The van der Waals surface area contributed by atoms with Crippen molar-refractivity contribution in [2.75, 3.05) is 6.61 Å². The van der Waals surface area contributed by atoms with E-state index in [1.54, 1.807) is 0 Å². The van der Waals surface area contributed by atoms with Crippen LogP contribution in [0, 0.1) is 0 Å². The summed E-state index contributed by atoms with van der Waals surface area (Å²) < 4.78 is 5.11. The maximum absolute atomic E-state index is 12.0. The van der Waals surface area contributed by atoms with Crippen molar-refractivity contribution < 1.29 is 14.3 Å². The third-order valence-corrected chi connectivity index (χ3v) is 2.79. The number of rotatable bonds is 4. The van der Waals surface area contributed by atoms with E-state index in [-0.39, 0.29) is 17.3 Å². The molecule has 0 aromatic heterocycles. The molecule has 1 rings (SSSR count). The summed E-state index contributed by atoms with van der Waals surface area (Å²) in [5, 5.41) is 0. The number of allylic oxidation sites excluding steroid dienone is 2. The average molecular weight is 222 g/mol. The van der Waals surface area contributed by atoms with Crippen molar-refractivity contribution >= 4 is 11.6 Å². The summed E-state index contributed by atoms with van der Waals surface area (Å²) in [6.07, 6.45) is 2.20. The molecule has 3 heteroatoms. The molecule has 0 saturated heterocycles. The first kappa shape index (κ1) is 12.7. The second kappa shape index (κ2) is 5.64. The molecule has 0 atom stereocenters. The van der Waals surface area contributed by atoms with Crippen LogP contribution in [0.2, 0.25) is 0 Å². The molecule has 0 N–H and O–H groups in total. The highest BCUT2D eigenvalue weighted by molar-refractivity contribution is 6.07. The van der Waals surface area contributed by atoms with Crippen LogP contribution in [-0.2, 0) is 14.3 Å². The Bertz CT molecular complexity index is 350. The van der Waals surface area contributed by atoms with Crippen LogP contribution in [0.15, 0.2) is 23.5 Å². The molecule has 0 fully saturated rings. The van der Waals surface area contributed by atoms with Crippen molar-refractivity contribution in [1.82, 2.24) is 0 Å². The number of hydrogen-bond acceptors (Lipinski definition) is 3. The lowest BCUT2D eigenvalue weighted by molar-refractivity contribution is -0.118. The molecule has 0 amide bonds. The number of ketones is 2. The van der Waals surface area contributed by atoms with Crippen molar-refractivity contribution in [2.24, 2.45) is 0 Å². The van der Waals surface area contributed by atoms with Gasteiger partial charge in [-0.05, 0) is 26.7 Å². The Labute approximate surface area is 96.2 Å². The zero-order valence-electron chi connectivity index (χ0n) is 9.97. The fourth-order valence-corrected chi connectivity index (χ4v) is 1.80. The highest BCUT2D eigenvalue weighted by atomic mass is 16.5. The van der Waals surface area contributed by atoms with E-state index in [2.05, 4.69) is 6.58 Å². The third-order valence-electron chi connectivity index (χ3n) is 2.79. The Balaban J connectivity index is 2.80. The molecule has 1 aliphatic rings. The number of carbonyl (C=O) groups is 2. The standard InChI is InChI=1S/C13H18O3/c1-4-16-10(3)13(15)12-8-7-11(14)6-5-9(12)2/h3-8H2,1-2H3. The molecule has 0 aliphatic heterocycles. The largest absolute Gasteiger partial charge is 0.490 e. The number of ether oxygens (including phenoxy) is 1. The molecular weight excluding hydrogens is 204 g/mol. The monoisotopic (exact) mass is 222 g/mol. The first-order valence-electron chi connectivity index (χ1n) is 5.63. The summed E-state index contributed by atoms with van der Waals surface area (Å²) in [7, 11) is 0. The summed E-state index contributed by atoms with van der Waals surface area (Å²) in [5.41, 5.74) is 1.71. The molecule has 0 saturated carbocycles. The van der Waals surface area contributed by atoms with Gasteiger partial charge in [0.05, 0.1) is 6.61 Å². The summed E-state index contributed by atoms with van der Waals surface area (Å²) in [5.74, 6) is 0.268. The molecule has 0 aromatic rings. The highest BCUT2D eigenvalue weighted by Crippen LogP contribution is 2.24. The second-order valence-corrected chi connectivity index (χ2v) is 3.98. The van der Waals surface area contributed by atoms with E-state index in [0.29, 0.717) is 37.9 Å². The molecule has 0 radical (unpaired) electrons. The van der Waals surface area contributed by atoms with Gasteiger partial charge in [-0.15, -0.1) is 0 Å². The lowest BCUT2D eigenvalue weighted by atomic mass is 10.00. The van der Waals surface area contributed by atoms with Crippen LogP contribution in [0.4, 0.5) is 0 Å². The Morgan fingerprint density at radius 2 is 1.94 bits per heavy atom. The lowest BCUT2D eigenvalue weighted by Gasteiger charge is -2.10. The minimum Gasteiger partial charge on any atom is -0.490 e. The summed E-state index contributed by atoms with van der Waals surface area (Å²) >= 11 is 0. The van der Waals surface area contributed by atoms with Crippen LogP contribution < -0.4 is 0 Å². The number of hydrogen-bond donors (Lipinski definition) is 0. The van der Waals surface area contributed by atoms with Gasteiger partial charge in [0, 0.05) is 18.4 Å². The summed E-state index contributed by atoms with van der Waals surface area (Å²) in [6.45, 7) is 7.78. The maximum atomic E-state index is 12.0. The van der Waals surface area contributed by atoms with Crippen LogP contribution in [-0.4, -0.2) is 18.2 Å². The van der Waals surface area contributed by atoms with Gasteiger partial charge in [-0.2, -0.15) is 0 Å². The molecular formula is C13H18O3. The molecule has 0 bridgehead atoms. The van der Waals surface area contributed by atoms with E-state index in [4.69, 9.17) is 4.74 Å². The van der Waals surface area contributed by atoms with Crippen LogP contribution >= 0.6 is 0 Å². The van der Waals surface area contributed by atoms with Gasteiger partial charge in [0.2, 0.25) is 5.78 Å². The van der Waals surface area contributed by atoms with Crippen LogP contribution in [0.1, 0.15) is 39.5 Å². The molecule has 0 aromatic carbocycles. The first-order valence-corrected chi connectivity index (χ1v) is 5.63. The Morgan fingerprint density at radius 3 is 2.56 bits per heavy atom. The minimum absolute atomic E-state index is 0.144. The van der Waals surface area contributed by atoms with Gasteiger partial charge in [0.1, 0.15) is 5.78 Å². The van der Waals surface area contributed by atoms with Gasteiger partial charge in [0.15, 0.2) is 5.76 Å². The normalized spacial score (nSPS) is 17.0. The van der Waals surface area contributed by atoms with E-state index in [9.17, 15) is 9.59 Å². The highest BCUT2D eigenvalue weighted by Gasteiger charge is 2.21. The van der Waals surface area contributed by atoms with Crippen molar-refractivity contribution in [1.29, 1.82) is 0 Å². The molecule has 1 aliphatic carbocycles. The van der Waals surface area contributed by atoms with Crippen molar-refractivity contribution in [3.63, 3.8) is 0 Å². The predicted molar refractivity (Wildman–Crippen MR) is 61.9 cm³/mol. The van der Waals surface area contributed by atoms with Crippen molar-refractivity contribution in [3.05, 3.63) is 23.5 Å². The molecule has 0 heterocycles. The fourth-order valence-electron chi connectivity index (χ4n) is 1.80. The van der Waals surface area contributed by atoms with Gasteiger partial charge >= 0.3 is 0 Å². The number of Topliss-reactive ketones (excluding diaryl/α,β-unsaturated/α-hetero) is 2. The molecule has 0 unspecified atom stereocenters. The maximum Gasteiger partial charge on any atom is 0.222 e. The predicted octanol–water partition coefficient (Wildman–Crippen LogP) is 2.57. The van der Waals surface area contributed by atoms with Crippen LogP contribution in [0.3, 0.4) is 0 Å². The lowest BCUT2D eigenvalue weighted by Crippen LogP contribution is -2.10. The van der Waals surface area contributed by atoms with E-state index >= 15 is 0 Å². The fraction of sp³-hybridized carbons (Fsp3) is 0.538. The van der Waals surface area contributed by atoms with Crippen molar-refractivity contribution in [3.8, 4) is 0 Å². The first-order chi connectivity index (χ1) is 7.56. The van der Waals surface area contributed by atoms with Gasteiger partial charge in [-0.3, -0.25) is 9.59 Å². The van der Waals surface area contributed by atoms with Gasteiger partial charge < -0.3 is 4.74 Å². The Morgan fingerprint density at radius 1 is 1.31 bits per heavy atom. The molecule has 16 heavy (non-hydrogen) atoms. The van der Waals surface area contributed by atoms with Crippen LogP contribution in [0.25, 0.3) is 0 Å². The van der Waals surface area contributed by atoms with Gasteiger partial charge in [0.25, 0.3) is 0 Å². The van der Waals surface area contributed by atoms with E-state index in [1.165, 1.54) is 0 Å². The van der Waals surface area contributed by atoms with Crippen LogP contribution in [0.5, 0.6) is 0 Å². The number of carbonyl (C=O) groups excluding carboxylic acids is 2. The SMILES string of the molecule is C=C(OCC)C(=O)C1=C(C)CCC(=O)CC1. The van der Waals surface area contributed by atoms with Gasteiger partial charge in [-0.25, -0.2) is 0 Å². The zero-order valence-corrected chi connectivity index (χ0v) is 9.97. The molecule has 0 spiro atoms. The van der Waals surface area contributed by atoms with E-state index in [1.807, 2.05) is 13.8 Å². The topological polar surface area (TPSA) is 43.4 Å². The average Bonchev–Trinajstić information content (AvgIpc) is 2.41. The Kier molecular flexibility index (Phi) is 4.47. The quantitative estimate of drug-likeness (QED) is 0.542. The second-order valence-electron chi connectivity index (χ2n) is 3.98. The summed E-state index contributed by atoms with van der Waals surface area (Å²) in [4.78, 5) is 23.3. The molecule has 3 nitrogen and oxygen atoms in total. The van der Waals surface area contributed by atoms with Gasteiger partial charge in [-0.1, -0.05) is 12.2 Å². The summed E-state index contributed by atoms with van der Waals surface area (Å²) in [6, 6.07) is 0. The molecule has 88 valence electrons. The zero-order chi connectivity index (χ0) is 12.1. The minimum atomic E-state index is -0.144. The van der Waals surface area contributed by atoms with Crippen molar-refractivity contribution in [2.45, 2.75) is 39.5 Å².